The molecule has 4 nitrogen and oxygen atoms in total. The maximum atomic E-state index is 13.8. The normalized spacial score (nSPS) is 27.2. The zero-order chi connectivity index (χ0) is 22.3. The van der Waals surface area contributed by atoms with Crippen LogP contribution in [0.15, 0.2) is 30.5 Å². The Morgan fingerprint density at radius 1 is 1.13 bits per heavy atom. The largest absolute Gasteiger partial charge is 0.418 e. The van der Waals surface area contributed by atoms with Crippen molar-refractivity contribution in [2.24, 2.45) is 17.8 Å². The maximum Gasteiger partial charge on any atom is 0.418 e. The molecular weight excluding hydrogens is 410 g/mol. The Hall–Kier alpha value is -2.38. The number of pyridine rings is 1. The van der Waals surface area contributed by atoms with Gasteiger partial charge in [0, 0.05) is 49.2 Å². The molecule has 0 N–H and O–H groups in total. The van der Waals surface area contributed by atoms with Gasteiger partial charge in [-0.15, -0.1) is 0 Å². The van der Waals surface area contributed by atoms with E-state index in [0.717, 1.165) is 12.5 Å². The molecule has 168 valence electrons. The second-order valence-electron chi connectivity index (χ2n) is 9.14. The van der Waals surface area contributed by atoms with Gasteiger partial charge in [0.15, 0.2) is 0 Å². The smallest absolute Gasteiger partial charge is 0.370 e. The highest BCUT2D eigenvalue weighted by molar-refractivity contribution is 5.94. The molecule has 2 aliphatic rings. The summed E-state index contributed by atoms with van der Waals surface area (Å²) in [6.45, 7) is 5.78. The molecule has 1 aromatic heterocycles. The summed E-state index contributed by atoms with van der Waals surface area (Å²) in [4.78, 5) is 20.4. The lowest BCUT2D eigenvalue weighted by Gasteiger charge is -2.39. The van der Waals surface area contributed by atoms with Crippen LogP contribution in [0.5, 0.6) is 0 Å². The van der Waals surface area contributed by atoms with Crippen LogP contribution in [0.3, 0.4) is 0 Å². The summed E-state index contributed by atoms with van der Waals surface area (Å²) in [5, 5.41) is 0.463. The van der Waals surface area contributed by atoms with E-state index < -0.39 is 17.9 Å². The minimum Gasteiger partial charge on any atom is -0.370 e. The van der Waals surface area contributed by atoms with Crippen molar-refractivity contribution in [2.75, 3.05) is 31.1 Å². The molecule has 4 rings (SSSR count). The SMILES string of the molecule is C[C@H]1C[C@@H](CC(=O)N2C[C@@H](F)[C@@H](C)C2)CN(c2ccc(C(F)(F)F)c3ncccc23)C1. The van der Waals surface area contributed by atoms with E-state index in [0.29, 0.717) is 37.1 Å². The first-order valence-corrected chi connectivity index (χ1v) is 10.7. The Balaban J connectivity index is 1.56. The van der Waals surface area contributed by atoms with Gasteiger partial charge in [0.2, 0.25) is 5.91 Å². The van der Waals surface area contributed by atoms with Crippen LogP contribution in [-0.2, 0) is 11.0 Å². The van der Waals surface area contributed by atoms with Crippen molar-refractivity contribution < 1.29 is 22.4 Å². The predicted octanol–water partition coefficient (Wildman–Crippen LogP) is 4.92. The molecule has 2 aromatic rings. The molecule has 0 saturated carbocycles. The van der Waals surface area contributed by atoms with Crippen LogP contribution in [0.25, 0.3) is 10.9 Å². The molecule has 3 heterocycles. The number of benzene rings is 1. The van der Waals surface area contributed by atoms with Gasteiger partial charge in [-0.25, -0.2) is 4.39 Å². The second kappa shape index (κ2) is 8.28. The van der Waals surface area contributed by atoms with Crippen LogP contribution in [0.1, 0.15) is 32.3 Å². The van der Waals surface area contributed by atoms with Crippen LogP contribution < -0.4 is 4.90 Å². The number of likely N-dealkylation sites (tertiary alicyclic amines) is 1. The Bertz CT molecular complexity index is 953. The summed E-state index contributed by atoms with van der Waals surface area (Å²) in [7, 11) is 0. The predicted molar refractivity (Wildman–Crippen MR) is 111 cm³/mol. The van der Waals surface area contributed by atoms with E-state index >= 15 is 0 Å². The molecule has 4 atom stereocenters. The summed E-state index contributed by atoms with van der Waals surface area (Å²) in [6.07, 6.45) is -2.89. The quantitative estimate of drug-likeness (QED) is 0.640. The minimum atomic E-state index is -4.48. The summed E-state index contributed by atoms with van der Waals surface area (Å²) in [6, 6.07) is 5.92. The standard InChI is InChI=1S/C23H27F4N3O/c1-14-8-16(9-21(31)30-11-15(2)19(24)13-30)12-29(10-14)20-6-5-18(23(25,26)27)22-17(20)4-3-7-28-22/h3-7,14-16,19H,8-13H2,1-2H3/t14-,15-,16-,19+/m0/s1. The molecule has 2 aliphatic heterocycles. The minimum absolute atomic E-state index is 0.0370. The lowest BCUT2D eigenvalue weighted by Crippen LogP contribution is -2.42. The van der Waals surface area contributed by atoms with Gasteiger partial charge in [0.1, 0.15) is 6.17 Å². The first-order chi connectivity index (χ1) is 14.6. The number of carbonyl (C=O) groups is 1. The van der Waals surface area contributed by atoms with Gasteiger partial charge in [-0.1, -0.05) is 13.8 Å². The number of carbonyl (C=O) groups excluding carboxylic acids is 1. The van der Waals surface area contributed by atoms with E-state index in [4.69, 9.17) is 0 Å². The molecule has 2 saturated heterocycles. The summed E-state index contributed by atoms with van der Waals surface area (Å²) >= 11 is 0. The van der Waals surface area contributed by atoms with Gasteiger partial charge >= 0.3 is 6.18 Å². The third-order valence-electron chi connectivity index (χ3n) is 6.48. The Morgan fingerprint density at radius 3 is 2.58 bits per heavy atom. The average molecular weight is 437 g/mol. The van der Waals surface area contributed by atoms with E-state index in [9.17, 15) is 22.4 Å². The number of alkyl halides is 4. The van der Waals surface area contributed by atoms with Crippen molar-refractivity contribution in [1.82, 2.24) is 9.88 Å². The van der Waals surface area contributed by atoms with Crippen molar-refractivity contribution in [3.05, 3.63) is 36.0 Å². The number of rotatable bonds is 3. The number of nitrogens with zero attached hydrogens (tertiary/aromatic N) is 3. The number of hydrogen-bond acceptors (Lipinski definition) is 3. The Labute approximate surface area is 179 Å². The molecule has 8 heteroatoms. The molecule has 1 aromatic carbocycles. The zero-order valence-corrected chi connectivity index (χ0v) is 17.7. The molecule has 0 spiro atoms. The van der Waals surface area contributed by atoms with E-state index in [1.54, 1.807) is 17.0 Å². The highest BCUT2D eigenvalue weighted by Crippen LogP contribution is 2.39. The highest BCUT2D eigenvalue weighted by Gasteiger charge is 2.36. The molecular formula is C23H27F4N3O. The van der Waals surface area contributed by atoms with Gasteiger partial charge in [0.25, 0.3) is 0 Å². The third-order valence-corrected chi connectivity index (χ3v) is 6.48. The molecule has 31 heavy (non-hydrogen) atoms. The third kappa shape index (κ3) is 4.48. The number of fused-ring (bicyclic) bond motifs is 1. The number of amides is 1. The van der Waals surface area contributed by atoms with Gasteiger partial charge in [0.05, 0.1) is 17.6 Å². The molecule has 1 amide bonds. The topological polar surface area (TPSA) is 36.4 Å². The molecule has 0 radical (unpaired) electrons. The summed E-state index contributed by atoms with van der Waals surface area (Å²) in [5.41, 5.74) is -0.0929. The van der Waals surface area contributed by atoms with E-state index in [-0.39, 0.29) is 35.7 Å². The van der Waals surface area contributed by atoms with E-state index in [1.807, 2.05) is 6.92 Å². The second-order valence-corrected chi connectivity index (χ2v) is 9.14. The van der Waals surface area contributed by atoms with Crippen LogP contribution in [0.2, 0.25) is 0 Å². The molecule has 2 fully saturated rings. The first-order valence-electron chi connectivity index (χ1n) is 10.7. The number of anilines is 1. The van der Waals surface area contributed by atoms with Crippen LogP contribution in [-0.4, -0.2) is 48.1 Å². The lowest BCUT2D eigenvalue weighted by molar-refractivity contribution is -0.136. The number of hydrogen-bond donors (Lipinski definition) is 0. The van der Waals surface area contributed by atoms with Gasteiger partial charge in [-0.2, -0.15) is 13.2 Å². The maximum absolute atomic E-state index is 13.8. The van der Waals surface area contributed by atoms with Crippen molar-refractivity contribution in [3.63, 3.8) is 0 Å². The Morgan fingerprint density at radius 2 is 1.90 bits per heavy atom. The van der Waals surface area contributed by atoms with Gasteiger partial charge < -0.3 is 9.80 Å². The van der Waals surface area contributed by atoms with Crippen molar-refractivity contribution in [1.29, 1.82) is 0 Å². The fourth-order valence-electron chi connectivity index (χ4n) is 4.99. The molecule has 0 unspecified atom stereocenters. The highest BCUT2D eigenvalue weighted by atomic mass is 19.4. The van der Waals surface area contributed by atoms with Gasteiger partial charge in [-0.05, 0) is 42.5 Å². The molecule has 0 aliphatic carbocycles. The van der Waals surface area contributed by atoms with Gasteiger partial charge in [-0.3, -0.25) is 9.78 Å². The summed E-state index contributed by atoms with van der Waals surface area (Å²) < 4.78 is 54.1. The average Bonchev–Trinajstić information content (AvgIpc) is 3.04. The van der Waals surface area contributed by atoms with Crippen LogP contribution in [0, 0.1) is 17.8 Å². The molecule has 0 bridgehead atoms. The van der Waals surface area contributed by atoms with Crippen molar-refractivity contribution in [2.45, 2.75) is 39.0 Å². The van der Waals surface area contributed by atoms with Crippen molar-refractivity contribution in [3.8, 4) is 0 Å². The summed E-state index contributed by atoms with van der Waals surface area (Å²) in [5.74, 6) is 0.174. The van der Waals surface area contributed by atoms with E-state index in [1.165, 1.54) is 12.3 Å². The number of halogens is 4. The monoisotopic (exact) mass is 437 g/mol. The van der Waals surface area contributed by atoms with Crippen molar-refractivity contribution >= 4 is 22.5 Å². The fraction of sp³-hybridized carbons (Fsp3) is 0.565. The number of aromatic nitrogens is 1. The Kier molecular flexibility index (Phi) is 5.83. The van der Waals surface area contributed by atoms with Crippen LogP contribution in [0.4, 0.5) is 23.2 Å². The van der Waals surface area contributed by atoms with E-state index in [2.05, 4.69) is 16.8 Å². The van der Waals surface area contributed by atoms with Crippen LogP contribution >= 0.6 is 0 Å². The first kappa shape index (κ1) is 21.8. The fourth-order valence-corrected chi connectivity index (χ4v) is 4.99. The lowest BCUT2D eigenvalue weighted by atomic mass is 9.87. The zero-order valence-electron chi connectivity index (χ0n) is 17.7. The number of piperidine rings is 1.